The maximum Gasteiger partial charge on any atom is 0.192 e. The number of aliphatic imine (C=N–C) groups is 1. The minimum atomic E-state index is 0. The van der Waals surface area contributed by atoms with Crippen LogP contribution in [0.25, 0.3) is 0 Å². The van der Waals surface area contributed by atoms with Crippen LogP contribution in [0.1, 0.15) is 44.9 Å². The van der Waals surface area contributed by atoms with E-state index in [4.69, 9.17) is 14.5 Å². The lowest BCUT2D eigenvalue weighted by atomic mass is 10.1. The number of nitrogens with one attached hydrogen (secondary N) is 2. The predicted octanol–water partition coefficient (Wildman–Crippen LogP) is 4.39. The Bertz CT molecular complexity index is 854. The minimum Gasteiger partial charge on any atom is -0.493 e. The molecule has 0 spiro atoms. The summed E-state index contributed by atoms with van der Waals surface area (Å²) >= 11 is 0. The number of morpholine rings is 1. The van der Waals surface area contributed by atoms with E-state index in [2.05, 4.69) is 66.4 Å². The number of hydrogen-bond acceptors (Lipinski definition) is 5. The van der Waals surface area contributed by atoms with Crippen LogP contribution in [-0.4, -0.2) is 50.4 Å². The Morgan fingerprint density at radius 2 is 1.88 bits per heavy atom. The number of anilines is 1. The molecule has 1 aliphatic rings. The zero-order chi connectivity index (χ0) is 22.8. The van der Waals surface area contributed by atoms with E-state index in [0.717, 1.165) is 62.5 Å². The van der Waals surface area contributed by atoms with Crippen molar-refractivity contribution in [3.8, 4) is 5.75 Å². The number of rotatable bonds is 9. The summed E-state index contributed by atoms with van der Waals surface area (Å²) in [5.41, 5.74) is 2.30. The van der Waals surface area contributed by atoms with Gasteiger partial charge in [0.1, 0.15) is 11.6 Å². The second-order valence-corrected chi connectivity index (χ2v) is 8.42. The molecule has 2 aromatic rings. The molecule has 1 atom stereocenters. The first-order valence-electron chi connectivity index (χ1n) is 11.6. The van der Waals surface area contributed by atoms with Gasteiger partial charge in [0.15, 0.2) is 5.96 Å². The van der Waals surface area contributed by atoms with Gasteiger partial charge in [-0.1, -0.05) is 32.0 Å². The summed E-state index contributed by atoms with van der Waals surface area (Å²) in [5, 5.41) is 6.87. The van der Waals surface area contributed by atoms with E-state index < -0.39 is 0 Å². The molecular weight excluding hydrogens is 529 g/mol. The van der Waals surface area contributed by atoms with Crippen molar-refractivity contribution in [2.75, 3.05) is 44.4 Å². The number of nitrogens with zero attached hydrogens (tertiary/aromatic N) is 3. The van der Waals surface area contributed by atoms with Gasteiger partial charge < -0.3 is 25.0 Å². The molecule has 1 aliphatic heterocycles. The number of hydrogen-bond donors (Lipinski definition) is 2. The van der Waals surface area contributed by atoms with E-state index in [-0.39, 0.29) is 30.0 Å². The van der Waals surface area contributed by atoms with Crippen LogP contribution >= 0.6 is 24.0 Å². The van der Waals surface area contributed by atoms with Gasteiger partial charge in [-0.05, 0) is 43.5 Å². The van der Waals surface area contributed by atoms with Crippen molar-refractivity contribution >= 4 is 35.8 Å². The molecule has 0 saturated carbocycles. The summed E-state index contributed by atoms with van der Waals surface area (Å²) in [6.45, 7) is 13.8. The largest absolute Gasteiger partial charge is 0.493 e. The molecule has 0 bridgehead atoms. The molecule has 7 nitrogen and oxygen atoms in total. The summed E-state index contributed by atoms with van der Waals surface area (Å²) in [6, 6.07) is 12.5. The van der Waals surface area contributed by atoms with Crippen LogP contribution in [-0.2, 0) is 11.3 Å². The fraction of sp³-hybridized carbons (Fsp3) is 0.520. The quantitative estimate of drug-likeness (QED) is 0.266. The molecule has 3 rings (SSSR count). The minimum absolute atomic E-state index is 0. The van der Waals surface area contributed by atoms with Crippen molar-refractivity contribution in [3.63, 3.8) is 0 Å². The molecule has 2 N–H and O–H groups in total. The van der Waals surface area contributed by atoms with Crippen LogP contribution in [0.3, 0.4) is 0 Å². The van der Waals surface area contributed by atoms with Crippen LogP contribution in [0.5, 0.6) is 5.75 Å². The van der Waals surface area contributed by atoms with Crippen LogP contribution in [0.15, 0.2) is 47.6 Å². The Morgan fingerprint density at radius 1 is 1.15 bits per heavy atom. The molecule has 1 aromatic heterocycles. The molecule has 1 unspecified atom stereocenters. The molecular formula is C25H38IN5O2. The fourth-order valence-corrected chi connectivity index (χ4v) is 3.50. The first kappa shape index (κ1) is 27.2. The number of aromatic nitrogens is 1. The lowest BCUT2D eigenvalue weighted by molar-refractivity contribution is 0.122. The maximum absolute atomic E-state index is 5.80. The summed E-state index contributed by atoms with van der Waals surface area (Å²) < 4.78 is 11.3. The Hall–Kier alpha value is -2.07. The highest BCUT2D eigenvalue weighted by atomic mass is 127. The van der Waals surface area contributed by atoms with E-state index in [1.165, 1.54) is 5.56 Å². The summed E-state index contributed by atoms with van der Waals surface area (Å²) in [4.78, 5) is 11.7. The van der Waals surface area contributed by atoms with Crippen molar-refractivity contribution in [2.24, 2.45) is 10.9 Å². The van der Waals surface area contributed by atoms with Crippen molar-refractivity contribution in [2.45, 2.75) is 40.3 Å². The molecule has 1 aromatic carbocycles. The SMILES string of the molecule is CCNC(=NCc1cccnc1N1CCOCC1)NC(C)c1ccc(OCC(C)C)cc1.I. The Morgan fingerprint density at radius 3 is 2.55 bits per heavy atom. The van der Waals surface area contributed by atoms with Crippen LogP contribution < -0.4 is 20.3 Å². The summed E-state index contributed by atoms with van der Waals surface area (Å²) in [6.07, 6.45) is 1.85. The Labute approximate surface area is 215 Å². The monoisotopic (exact) mass is 567 g/mol. The first-order chi connectivity index (χ1) is 15.6. The van der Waals surface area contributed by atoms with Gasteiger partial charge in [0.05, 0.1) is 32.4 Å². The van der Waals surface area contributed by atoms with E-state index in [0.29, 0.717) is 12.5 Å². The molecule has 2 heterocycles. The third-order valence-electron chi connectivity index (χ3n) is 5.25. The van der Waals surface area contributed by atoms with Crippen LogP contribution in [0, 0.1) is 5.92 Å². The van der Waals surface area contributed by atoms with Crippen molar-refractivity contribution in [3.05, 3.63) is 53.7 Å². The zero-order valence-electron chi connectivity index (χ0n) is 20.2. The third kappa shape index (κ3) is 8.66. The van der Waals surface area contributed by atoms with Crippen molar-refractivity contribution < 1.29 is 9.47 Å². The highest BCUT2D eigenvalue weighted by Gasteiger charge is 2.16. The zero-order valence-corrected chi connectivity index (χ0v) is 22.5. The van der Waals surface area contributed by atoms with Gasteiger partial charge in [0.2, 0.25) is 0 Å². The number of pyridine rings is 1. The van der Waals surface area contributed by atoms with E-state index in [1.54, 1.807) is 0 Å². The number of halogens is 1. The molecule has 1 fully saturated rings. The lowest BCUT2D eigenvalue weighted by Crippen LogP contribution is -2.39. The van der Waals surface area contributed by atoms with Gasteiger partial charge in [-0.2, -0.15) is 0 Å². The predicted molar refractivity (Wildman–Crippen MR) is 146 cm³/mol. The molecule has 1 saturated heterocycles. The van der Waals surface area contributed by atoms with E-state index in [1.807, 2.05) is 24.4 Å². The van der Waals surface area contributed by atoms with Gasteiger partial charge in [-0.25, -0.2) is 9.98 Å². The third-order valence-corrected chi connectivity index (χ3v) is 5.25. The Balaban J connectivity index is 0.00000385. The Kier molecular flexibility index (Phi) is 11.7. The van der Waals surface area contributed by atoms with Crippen LogP contribution in [0.2, 0.25) is 0 Å². The maximum atomic E-state index is 5.80. The molecule has 0 radical (unpaired) electrons. The number of guanidine groups is 1. The number of ether oxygens (including phenoxy) is 2. The first-order valence-corrected chi connectivity index (χ1v) is 11.6. The summed E-state index contributed by atoms with van der Waals surface area (Å²) in [5.74, 6) is 3.21. The molecule has 182 valence electrons. The lowest BCUT2D eigenvalue weighted by Gasteiger charge is -2.29. The highest BCUT2D eigenvalue weighted by molar-refractivity contribution is 14.0. The van der Waals surface area contributed by atoms with Gasteiger partial charge in [0, 0.05) is 31.4 Å². The summed E-state index contributed by atoms with van der Waals surface area (Å²) in [7, 11) is 0. The van der Waals surface area contributed by atoms with E-state index in [9.17, 15) is 0 Å². The molecule has 33 heavy (non-hydrogen) atoms. The fourth-order valence-electron chi connectivity index (χ4n) is 3.50. The van der Waals surface area contributed by atoms with E-state index >= 15 is 0 Å². The molecule has 8 heteroatoms. The smallest absolute Gasteiger partial charge is 0.192 e. The topological polar surface area (TPSA) is 71.0 Å². The second kappa shape index (κ2) is 14.2. The highest BCUT2D eigenvalue weighted by Crippen LogP contribution is 2.20. The van der Waals surface area contributed by atoms with Gasteiger partial charge in [-0.15, -0.1) is 24.0 Å². The van der Waals surface area contributed by atoms with Gasteiger partial charge >= 0.3 is 0 Å². The second-order valence-electron chi connectivity index (χ2n) is 8.42. The molecule has 0 aliphatic carbocycles. The number of benzene rings is 1. The van der Waals surface area contributed by atoms with Crippen molar-refractivity contribution in [1.29, 1.82) is 0 Å². The average Bonchev–Trinajstić information content (AvgIpc) is 2.82. The standard InChI is InChI=1S/C25H37N5O2.HI/c1-5-26-25(29-20(4)21-8-10-23(11-9-21)32-18-19(2)3)28-17-22-7-6-12-27-24(22)30-13-15-31-16-14-30;/h6-12,19-20H,5,13-18H2,1-4H3,(H2,26,28,29);1H. The van der Waals surface area contributed by atoms with Crippen molar-refractivity contribution in [1.82, 2.24) is 15.6 Å². The average molecular weight is 568 g/mol. The van der Waals surface area contributed by atoms with Gasteiger partial charge in [0.25, 0.3) is 0 Å². The molecule has 0 amide bonds. The normalized spacial score (nSPS) is 15.1. The van der Waals surface area contributed by atoms with Crippen LogP contribution in [0.4, 0.5) is 5.82 Å². The van der Waals surface area contributed by atoms with Gasteiger partial charge in [-0.3, -0.25) is 0 Å².